The third kappa shape index (κ3) is 3.26. The van der Waals surface area contributed by atoms with E-state index in [1.165, 1.54) is 0 Å². The second-order valence-corrected chi connectivity index (χ2v) is 5.08. The van der Waals surface area contributed by atoms with Crippen LogP contribution in [0.1, 0.15) is 11.3 Å². The Morgan fingerprint density at radius 1 is 1.00 bits per heavy atom. The van der Waals surface area contributed by atoms with Gasteiger partial charge in [-0.2, -0.15) is 0 Å². The van der Waals surface area contributed by atoms with Crippen LogP contribution in [0.5, 0.6) is 5.75 Å². The average Bonchev–Trinajstić information content (AvgIpc) is 3.08. The van der Waals surface area contributed by atoms with E-state index in [1.54, 1.807) is 19.5 Å². The number of anilines is 1. The Bertz CT molecular complexity index is 793. The average molecular weight is 305 g/mol. The Labute approximate surface area is 136 Å². The van der Waals surface area contributed by atoms with Gasteiger partial charge >= 0.3 is 0 Å². The molecule has 0 aliphatic heterocycles. The van der Waals surface area contributed by atoms with Crippen molar-refractivity contribution in [2.45, 2.75) is 0 Å². The van der Waals surface area contributed by atoms with Crippen LogP contribution in [0.3, 0.4) is 0 Å². The van der Waals surface area contributed by atoms with Crippen molar-refractivity contribution in [2.75, 3.05) is 19.2 Å². The fraction of sp³-hybridized carbons (Fsp3) is 0.105. The van der Waals surface area contributed by atoms with Crippen molar-refractivity contribution < 1.29 is 4.74 Å². The number of hydrogen-bond acceptors (Lipinski definition) is 3. The van der Waals surface area contributed by atoms with Crippen molar-refractivity contribution in [1.29, 1.82) is 0 Å². The summed E-state index contributed by atoms with van der Waals surface area (Å²) in [5, 5.41) is 2.07. The summed E-state index contributed by atoms with van der Waals surface area (Å²) in [5.41, 5.74) is 3.20. The molecule has 0 spiro atoms. The zero-order valence-corrected chi connectivity index (χ0v) is 13.3. The predicted molar refractivity (Wildman–Crippen MR) is 94.4 cm³/mol. The molecule has 4 nitrogen and oxygen atoms in total. The lowest BCUT2D eigenvalue weighted by Crippen LogP contribution is -2.24. The molecular formula is C19H19N3O. The third-order valence-electron chi connectivity index (χ3n) is 3.69. The molecule has 4 heteroatoms. The fourth-order valence-electron chi connectivity index (χ4n) is 2.45. The molecule has 0 amide bonds. The molecule has 116 valence electrons. The number of nitrogens with zero attached hydrogens (tertiary/aromatic N) is 3. The first-order valence-corrected chi connectivity index (χ1v) is 7.42. The van der Waals surface area contributed by atoms with E-state index >= 15 is 0 Å². The minimum absolute atomic E-state index is 0.865. The second-order valence-electron chi connectivity index (χ2n) is 5.08. The van der Waals surface area contributed by atoms with Gasteiger partial charge in [0.15, 0.2) is 0 Å². The summed E-state index contributed by atoms with van der Waals surface area (Å²) in [6.45, 7) is 0. The van der Waals surface area contributed by atoms with Crippen molar-refractivity contribution in [3.8, 4) is 5.75 Å². The highest BCUT2D eigenvalue weighted by Gasteiger charge is 2.05. The molecule has 3 rings (SSSR count). The smallest absolute Gasteiger partial charge is 0.126 e. The fourth-order valence-corrected chi connectivity index (χ4v) is 2.45. The van der Waals surface area contributed by atoms with Crippen molar-refractivity contribution >= 4 is 17.8 Å². The number of hydrogen-bond donors (Lipinski definition) is 0. The highest BCUT2D eigenvalue weighted by Crippen LogP contribution is 2.21. The molecule has 0 aliphatic carbocycles. The van der Waals surface area contributed by atoms with Gasteiger partial charge in [0.1, 0.15) is 5.75 Å². The number of para-hydroxylation sites is 1. The van der Waals surface area contributed by atoms with Crippen LogP contribution < -0.4 is 9.75 Å². The number of rotatable bonds is 5. The lowest BCUT2D eigenvalue weighted by atomic mass is 10.2. The minimum atomic E-state index is 0.865. The van der Waals surface area contributed by atoms with Crippen LogP contribution in [0.25, 0.3) is 12.2 Å². The SMILES string of the molecule is COc1ccccc1/C=C/c1cccn1N(C)c1ccncc1. The Kier molecular flexibility index (Phi) is 4.43. The first-order chi connectivity index (χ1) is 11.3. The highest BCUT2D eigenvalue weighted by molar-refractivity contribution is 5.71. The van der Waals surface area contributed by atoms with E-state index in [0.717, 1.165) is 22.7 Å². The molecule has 0 unspecified atom stereocenters. The summed E-state index contributed by atoms with van der Waals surface area (Å²) in [4.78, 5) is 4.06. The van der Waals surface area contributed by atoms with Crippen molar-refractivity contribution in [3.63, 3.8) is 0 Å². The van der Waals surface area contributed by atoms with Gasteiger partial charge in [-0.3, -0.25) is 14.7 Å². The Balaban J connectivity index is 1.88. The zero-order valence-electron chi connectivity index (χ0n) is 13.3. The van der Waals surface area contributed by atoms with E-state index in [-0.39, 0.29) is 0 Å². The van der Waals surface area contributed by atoms with Gasteiger partial charge < -0.3 is 4.74 Å². The summed E-state index contributed by atoms with van der Waals surface area (Å²) in [5.74, 6) is 0.865. The molecule has 0 bridgehead atoms. The first-order valence-electron chi connectivity index (χ1n) is 7.42. The van der Waals surface area contributed by atoms with E-state index in [0.29, 0.717) is 0 Å². The van der Waals surface area contributed by atoms with Gasteiger partial charge in [0.05, 0.1) is 18.5 Å². The van der Waals surface area contributed by atoms with Crippen LogP contribution >= 0.6 is 0 Å². The molecule has 0 N–H and O–H groups in total. The van der Waals surface area contributed by atoms with E-state index in [1.807, 2.05) is 55.7 Å². The van der Waals surface area contributed by atoms with Crippen LogP contribution in [0.4, 0.5) is 5.69 Å². The number of methoxy groups -OCH3 is 1. The molecule has 0 fully saturated rings. The maximum Gasteiger partial charge on any atom is 0.126 e. The molecule has 0 aliphatic rings. The number of aromatic nitrogens is 2. The summed E-state index contributed by atoms with van der Waals surface area (Å²) in [7, 11) is 3.71. The van der Waals surface area contributed by atoms with Crippen molar-refractivity contribution in [3.05, 3.63) is 78.4 Å². The van der Waals surface area contributed by atoms with Gasteiger partial charge in [0.25, 0.3) is 0 Å². The van der Waals surface area contributed by atoms with E-state index in [4.69, 9.17) is 4.74 Å². The van der Waals surface area contributed by atoms with Crippen molar-refractivity contribution in [2.24, 2.45) is 0 Å². The van der Waals surface area contributed by atoms with E-state index in [9.17, 15) is 0 Å². The first kappa shape index (κ1) is 14.9. The maximum atomic E-state index is 5.39. The van der Waals surface area contributed by atoms with Crippen LogP contribution in [0.2, 0.25) is 0 Å². The van der Waals surface area contributed by atoms with E-state index < -0.39 is 0 Å². The van der Waals surface area contributed by atoms with E-state index in [2.05, 4.69) is 32.9 Å². The number of ether oxygens (including phenoxy) is 1. The molecule has 0 atom stereocenters. The van der Waals surface area contributed by atoms with Gasteiger partial charge in [0.2, 0.25) is 0 Å². The molecule has 2 heterocycles. The Morgan fingerprint density at radius 2 is 1.78 bits per heavy atom. The Hall–Kier alpha value is -3.01. The number of pyridine rings is 1. The van der Waals surface area contributed by atoms with Gasteiger partial charge in [-0.1, -0.05) is 18.2 Å². The lowest BCUT2D eigenvalue weighted by Gasteiger charge is -2.22. The van der Waals surface area contributed by atoms with Gasteiger partial charge in [-0.15, -0.1) is 0 Å². The topological polar surface area (TPSA) is 30.3 Å². The zero-order chi connectivity index (χ0) is 16.1. The van der Waals surface area contributed by atoms with Crippen molar-refractivity contribution in [1.82, 2.24) is 9.66 Å². The van der Waals surface area contributed by atoms with Gasteiger partial charge in [-0.25, -0.2) is 0 Å². The third-order valence-corrected chi connectivity index (χ3v) is 3.69. The standard InChI is InChI=1S/C19H19N3O/c1-21(17-11-13-20-14-12-17)22-15-5-7-18(22)10-9-16-6-3-4-8-19(16)23-2/h3-15H,1-2H3/b10-9+. The lowest BCUT2D eigenvalue weighted by molar-refractivity contribution is 0.414. The molecule has 0 saturated carbocycles. The van der Waals surface area contributed by atoms with Crippen LogP contribution in [-0.4, -0.2) is 23.8 Å². The van der Waals surface area contributed by atoms with Gasteiger partial charge in [0, 0.05) is 31.2 Å². The summed E-state index contributed by atoms with van der Waals surface area (Å²) < 4.78 is 7.47. The molecule has 2 aromatic heterocycles. The summed E-state index contributed by atoms with van der Waals surface area (Å²) in [6, 6.07) is 16.0. The largest absolute Gasteiger partial charge is 0.496 e. The second kappa shape index (κ2) is 6.83. The summed E-state index contributed by atoms with van der Waals surface area (Å²) in [6.07, 6.45) is 9.75. The maximum absolute atomic E-state index is 5.39. The van der Waals surface area contributed by atoms with Crippen LogP contribution in [0, 0.1) is 0 Å². The predicted octanol–water partition coefficient (Wildman–Crippen LogP) is 3.96. The molecule has 3 aromatic rings. The minimum Gasteiger partial charge on any atom is -0.496 e. The highest BCUT2D eigenvalue weighted by atomic mass is 16.5. The van der Waals surface area contributed by atoms with Crippen LogP contribution in [-0.2, 0) is 0 Å². The quantitative estimate of drug-likeness (QED) is 0.714. The monoisotopic (exact) mass is 305 g/mol. The van der Waals surface area contributed by atoms with Gasteiger partial charge in [-0.05, 0) is 42.5 Å². The Morgan fingerprint density at radius 3 is 2.57 bits per heavy atom. The normalized spacial score (nSPS) is 10.9. The molecule has 0 saturated heterocycles. The van der Waals surface area contributed by atoms with Crippen LogP contribution in [0.15, 0.2) is 67.1 Å². The molecule has 23 heavy (non-hydrogen) atoms. The number of benzene rings is 1. The molecule has 0 radical (unpaired) electrons. The summed E-state index contributed by atoms with van der Waals surface area (Å²) >= 11 is 0. The molecular weight excluding hydrogens is 286 g/mol. The molecule has 1 aromatic carbocycles.